The number of nitrogens with one attached hydrogen (secondary N) is 1. The summed E-state index contributed by atoms with van der Waals surface area (Å²) >= 11 is 5.35. The number of nitrogens with zero attached hydrogens (tertiary/aromatic N) is 1. The highest BCUT2D eigenvalue weighted by Crippen LogP contribution is 2.22. The Morgan fingerprint density at radius 3 is 3.07 bits per heavy atom. The van der Waals surface area contributed by atoms with Crippen molar-refractivity contribution in [2.24, 2.45) is 0 Å². The van der Waals surface area contributed by atoms with Gasteiger partial charge in [0.05, 0.1) is 3.79 Å². The molecular formula is C11H17BrN2S. The third-order valence-electron chi connectivity index (χ3n) is 3.00. The molecule has 1 N–H and O–H groups in total. The molecule has 15 heavy (non-hydrogen) atoms. The standard InChI is InChI=1S/C11H17BrN2S/c1-14(9-4-6-13-8-9)7-5-10-2-3-11(12)15-10/h2-3,9,13H,4-8H2,1H3. The molecule has 1 aromatic heterocycles. The smallest absolute Gasteiger partial charge is 0.0701 e. The molecule has 1 aromatic rings. The molecule has 0 radical (unpaired) electrons. The van der Waals surface area contributed by atoms with Crippen LogP contribution in [-0.2, 0) is 6.42 Å². The van der Waals surface area contributed by atoms with Crippen molar-refractivity contribution in [3.05, 3.63) is 20.8 Å². The monoisotopic (exact) mass is 288 g/mol. The highest BCUT2D eigenvalue weighted by molar-refractivity contribution is 9.11. The molecule has 2 rings (SSSR count). The summed E-state index contributed by atoms with van der Waals surface area (Å²) in [5.74, 6) is 0. The normalized spacial score (nSPS) is 21.4. The Hall–Kier alpha value is 0.1000. The van der Waals surface area contributed by atoms with Crippen LogP contribution in [0.25, 0.3) is 0 Å². The first kappa shape index (κ1) is 11.6. The van der Waals surface area contributed by atoms with Gasteiger partial charge in [-0.3, -0.25) is 0 Å². The number of thiophene rings is 1. The van der Waals surface area contributed by atoms with E-state index in [-0.39, 0.29) is 0 Å². The maximum atomic E-state index is 3.50. The molecule has 4 heteroatoms. The van der Waals surface area contributed by atoms with E-state index in [0.717, 1.165) is 12.6 Å². The van der Waals surface area contributed by atoms with Gasteiger partial charge in [-0.25, -0.2) is 0 Å². The van der Waals surface area contributed by atoms with Gasteiger partial charge in [-0.2, -0.15) is 0 Å². The van der Waals surface area contributed by atoms with Crippen molar-refractivity contribution in [1.82, 2.24) is 10.2 Å². The van der Waals surface area contributed by atoms with E-state index in [1.807, 2.05) is 11.3 Å². The van der Waals surface area contributed by atoms with Gasteiger partial charge < -0.3 is 10.2 Å². The zero-order valence-electron chi connectivity index (χ0n) is 9.00. The first-order valence-electron chi connectivity index (χ1n) is 5.41. The van der Waals surface area contributed by atoms with Gasteiger partial charge in [-0.05, 0) is 54.5 Å². The second-order valence-corrected chi connectivity index (χ2v) is 6.63. The van der Waals surface area contributed by atoms with Crippen LogP contribution in [-0.4, -0.2) is 37.6 Å². The van der Waals surface area contributed by atoms with E-state index in [9.17, 15) is 0 Å². The first-order chi connectivity index (χ1) is 7.25. The van der Waals surface area contributed by atoms with Gasteiger partial charge in [0.1, 0.15) is 0 Å². The van der Waals surface area contributed by atoms with E-state index in [1.165, 1.54) is 34.6 Å². The quantitative estimate of drug-likeness (QED) is 0.915. The minimum absolute atomic E-state index is 0.744. The molecule has 0 saturated carbocycles. The van der Waals surface area contributed by atoms with Crippen molar-refractivity contribution < 1.29 is 0 Å². The first-order valence-corrected chi connectivity index (χ1v) is 7.02. The van der Waals surface area contributed by atoms with Crippen LogP contribution in [0.4, 0.5) is 0 Å². The molecule has 84 valence electrons. The highest BCUT2D eigenvalue weighted by atomic mass is 79.9. The minimum Gasteiger partial charge on any atom is -0.315 e. The van der Waals surface area contributed by atoms with Crippen LogP contribution in [0.5, 0.6) is 0 Å². The predicted octanol–water partition coefficient (Wildman–Crippen LogP) is 2.35. The van der Waals surface area contributed by atoms with Crippen LogP contribution in [0.15, 0.2) is 15.9 Å². The summed E-state index contributed by atoms with van der Waals surface area (Å²) in [5.41, 5.74) is 0. The number of hydrogen-bond acceptors (Lipinski definition) is 3. The zero-order valence-corrected chi connectivity index (χ0v) is 11.4. The molecule has 1 saturated heterocycles. The second kappa shape index (κ2) is 5.43. The molecule has 0 bridgehead atoms. The van der Waals surface area contributed by atoms with E-state index in [0.29, 0.717) is 0 Å². The molecule has 0 amide bonds. The van der Waals surface area contributed by atoms with E-state index in [2.05, 4.69) is 45.3 Å². The summed E-state index contributed by atoms with van der Waals surface area (Å²) < 4.78 is 1.24. The van der Waals surface area contributed by atoms with Gasteiger partial charge in [-0.15, -0.1) is 11.3 Å². The van der Waals surface area contributed by atoms with Crippen LogP contribution in [0.2, 0.25) is 0 Å². The van der Waals surface area contributed by atoms with Crippen LogP contribution >= 0.6 is 27.3 Å². The minimum atomic E-state index is 0.744. The second-order valence-electron chi connectivity index (χ2n) is 4.08. The largest absolute Gasteiger partial charge is 0.315 e. The van der Waals surface area contributed by atoms with Crippen molar-refractivity contribution in [3.63, 3.8) is 0 Å². The summed E-state index contributed by atoms with van der Waals surface area (Å²) in [6.45, 7) is 3.50. The maximum Gasteiger partial charge on any atom is 0.0701 e. The van der Waals surface area contributed by atoms with Crippen molar-refractivity contribution >= 4 is 27.3 Å². The maximum absolute atomic E-state index is 3.50. The molecular weight excluding hydrogens is 272 g/mol. The van der Waals surface area contributed by atoms with Crippen molar-refractivity contribution in [3.8, 4) is 0 Å². The molecule has 0 aromatic carbocycles. The van der Waals surface area contributed by atoms with E-state index < -0.39 is 0 Å². The molecule has 1 aliphatic heterocycles. The van der Waals surface area contributed by atoms with Gasteiger partial charge >= 0.3 is 0 Å². The Kier molecular flexibility index (Phi) is 4.20. The predicted molar refractivity (Wildman–Crippen MR) is 69.6 cm³/mol. The third-order valence-corrected chi connectivity index (χ3v) is 4.68. The lowest BCUT2D eigenvalue weighted by Crippen LogP contribution is -2.34. The Morgan fingerprint density at radius 1 is 1.60 bits per heavy atom. The van der Waals surface area contributed by atoms with Crippen LogP contribution < -0.4 is 5.32 Å². The average molecular weight is 289 g/mol. The summed E-state index contributed by atoms with van der Waals surface area (Å²) in [6, 6.07) is 5.10. The lowest BCUT2D eigenvalue weighted by molar-refractivity contribution is 0.261. The lowest BCUT2D eigenvalue weighted by atomic mass is 10.2. The van der Waals surface area contributed by atoms with Crippen molar-refractivity contribution in [1.29, 1.82) is 0 Å². The van der Waals surface area contributed by atoms with Crippen LogP contribution in [0, 0.1) is 0 Å². The summed E-state index contributed by atoms with van der Waals surface area (Å²) in [5, 5.41) is 3.41. The Morgan fingerprint density at radius 2 is 2.47 bits per heavy atom. The van der Waals surface area contributed by atoms with Gasteiger partial charge in [-0.1, -0.05) is 0 Å². The fourth-order valence-corrected chi connectivity index (χ4v) is 3.44. The molecule has 2 heterocycles. The van der Waals surface area contributed by atoms with Gasteiger partial charge in [0.15, 0.2) is 0 Å². The number of hydrogen-bond donors (Lipinski definition) is 1. The molecule has 1 unspecified atom stereocenters. The SMILES string of the molecule is CN(CCc1ccc(Br)s1)C1CCNC1. The number of halogens is 1. The van der Waals surface area contributed by atoms with E-state index in [4.69, 9.17) is 0 Å². The van der Waals surface area contributed by atoms with Crippen molar-refractivity contribution in [2.75, 3.05) is 26.7 Å². The topological polar surface area (TPSA) is 15.3 Å². The number of likely N-dealkylation sites (N-methyl/N-ethyl adjacent to an activating group) is 1. The summed E-state index contributed by atoms with van der Waals surface area (Å²) in [6.07, 6.45) is 2.47. The molecule has 1 fully saturated rings. The fraction of sp³-hybridized carbons (Fsp3) is 0.636. The zero-order chi connectivity index (χ0) is 10.7. The Bertz CT molecular complexity index is 307. The molecule has 2 nitrogen and oxygen atoms in total. The van der Waals surface area contributed by atoms with E-state index >= 15 is 0 Å². The highest BCUT2D eigenvalue weighted by Gasteiger charge is 2.18. The van der Waals surface area contributed by atoms with Crippen LogP contribution in [0.1, 0.15) is 11.3 Å². The van der Waals surface area contributed by atoms with Gasteiger partial charge in [0.25, 0.3) is 0 Å². The summed E-state index contributed by atoms with van der Waals surface area (Å²) in [7, 11) is 2.24. The Labute approximate surface area is 104 Å². The van der Waals surface area contributed by atoms with Crippen LogP contribution in [0.3, 0.4) is 0 Å². The molecule has 1 atom stereocenters. The molecule has 0 aliphatic carbocycles. The summed E-state index contributed by atoms with van der Waals surface area (Å²) in [4.78, 5) is 3.95. The van der Waals surface area contributed by atoms with Crippen molar-refractivity contribution in [2.45, 2.75) is 18.9 Å². The molecule has 1 aliphatic rings. The average Bonchev–Trinajstić information content (AvgIpc) is 2.84. The van der Waals surface area contributed by atoms with Gasteiger partial charge in [0, 0.05) is 24.0 Å². The Balaban J connectivity index is 1.77. The fourth-order valence-electron chi connectivity index (χ4n) is 1.97. The molecule has 0 spiro atoms. The lowest BCUT2D eigenvalue weighted by Gasteiger charge is -2.22. The third kappa shape index (κ3) is 3.28. The van der Waals surface area contributed by atoms with E-state index in [1.54, 1.807) is 0 Å². The van der Waals surface area contributed by atoms with Gasteiger partial charge in [0.2, 0.25) is 0 Å². The number of rotatable bonds is 4.